The van der Waals surface area contributed by atoms with Crippen LogP contribution in [0.5, 0.6) is 0 Å². The molecule has 10 atom stereocenters. The summed E-state index contributed by atoms with van der Waals surface area (Å²) in [6, 6.07) is 0. The van der Waals surface area contributed by atoms with Crippen LogP contribution in [-0.2, 0) is 47.4 Å². The molecule has 0 saturated carbocycles. The second-order valence-corrected chi connectivity index (χ2v) is 19.0. The van der Waals surface area contributed by atoms with Gasteiger partial charge in [-0.05, 0) is 88.9 Å². The molecular weight excluding hydrogens is 725 g/mol. The third-order valence-corrected chi connectivity index (χ3v) is 10.4. The summed E-state index contributed by atoms with van der Waals surface area (Å²) >= 11 is 0. The zero-order chi connectivity index (χ0) is 46.2. The van der Waals surface area contributed by atoms with Gasteiger partial charge >= 0.3 is 0 Å². The monoisotopic (exact) mass is 829 g/mol. The van der Waals surface area contributed by atoms with Crippen molar-refractivity contribution >= 4 is 0 Å². The smallest absolute Gasteiger partial charge is 0.0644 e. The van der Waals surface area contributed by atoms with Crippen molar-refractivity contribution in [2.24, 2.45) is 22.2 Å². The van der Waals surface area contributed by atoms with Gasteiger partial charge in [-0.15, -0.1) is 0 Å². The highest BCUT2D eigenvalue weighted by Gasteiger charge is 2.33. The highest BCUT2D eigenvalue weighted by atomic mass is 16.5. The van der Waals surface area contributed by atoms with Gasteiger partial charge in [0.1, 0.15) is 0 Å². The molecule has 0 aromatic heterocycles. The standard InChI is InChI=1S/C13H28O2.C10H22O2.C9H20O2.C8H18O2.C7H16O2/c1-12(2,3)10(14-7)9-11(15-8)13(4,5)6;1-8(11-5)7-9(12-6)10(2,3)4;1-7(2)9(11-5)6-8(3)10-4;1-5-8(10-4)6-7(2)9-3;1-6(8-3)5-7(2)9-4/h10-11H,9H2,1-8H3;8-9H,7H2,1-6H3;7-9H,6H2,1-5H3;7-8H,5-6H2,1-4H3;6-7H,5H2,1-4H3. The van der Waals surface area contributed by atoms with E-state index in [-0.39, 0.29) is 40.7 Å². The SMILES string of the molecule is CCC(CC(C)OC)OC.COC(C)CC(C)OC.COC(C)CC(OC)C(C)(C)C.COC(C)CC(OC)C(C)C.COC(CC(OC)C(C)(C)C)C(C)(C)C. The van der Waals surface area contributed by atoms with Gasteiger partial charge in [-0.2, -0.15) is 0 Å². The summed E-state index contributed by atoms with van der Waals surface area (Å²) in [5.41, 5.74) is 0.523. The first-order valence-electron chi connectivity index (χ1n) is 21.4. The van der Waals surface area contributed by atoms with E-state index in [1.807, 2.05) is 13.8 Å². The van der Waals surface area contributed by atoms with Crippen LogP contribution in [-0.4, -0.2) is 132 Å². The van der Waals surface area contributed by atoms with Crippen molar-refractivity contribution in [3.8, 4) is 0 Å². The van der Waals surface area contributed by atoms with Crippen LogP contribution in [0.2, 0.25) is 0 Å². The molecule has 0 saturated heterocycles. The van der Waals surface area contributed by atoms with Crippen LogP contribution in [0.1, 0.15) is 156 Å². The number of methoxy groups -OCH3 is 10. The molecule has 10 unspecified atom stereocenters. The Morgan fingerprint density at radius 1 is 0.316 bits per heavy atom. The van der Waals surface area contributed by atoms with Crippen LogP contribution in [0.15, 0.2) is 0 Å². The third-order valence-electron chi connectivity index (χ3n) is 10.4. The largest absolute Gasteiger partial charge is 0.382 e. The third kappa shape index (κ3) is 39.5. The predicted octanol–water partition coefficient (Wildman–Crippen LogP) is 11.3. The first-order chi connectivity index (χ1) is 26.1. The lowest BCUT2D eigenvalue weighted by Crippen LogP contribution is -2.38. The van der Waals surface area contributed by atoms with E-state index in [4.69, 9.17) is 47.4 Å². The molecule has 0 radical (unpaired) electrons. The molecule has 0 amide bonds. The van der Waals surface area contributed by atoms with Gasteiger partial charge in [0.15, 0.2) is 0 Å². The summed E-state index contributed by atoms with van der Waals surface area (Å²) in [4.78, 5) is 0. The van der Waals surface area contributed by atoms with Gasteiger partial charge in [0.2, 0.25) is 0 Å². The molecule has 0 aromatic carbocycles. The normalized spacial score (nSPS) is 17.3. The fourth-order valence-corrected chi connectivity index (χ4v) is 5.62. The molecule has 0 fully saturated rings. The summed E-state index contributed by atoms with van der Waals surface area (Å²) in [6.45, 7) is 36.5. The van der Waals surface area contributed by atoms with E-state index in [1.54, 1.807) is 71.1 Å². The van der Waals surface area contributed by atoms with Gasteiger partial charge in [-0.25, -0.2) is 0 Å². The van der Waals surface area contributed by atoms with Crippen LogP contribution in [0.3, 0.4) is 0 Å². The molecular formula is C47H104O10. The van der Waals surface area contributed by atoms with Crippen LogP contribution in [0.25, 0.3) is 0 Å². The number of ether oxygens (including phenoxy) is 10. The molecule has 57 heavy (non-hydrogen) atoms. The van der Waals surface area contributed by atoms with E-state index in [2.05, 4.69) is 104 Å². The van der Waals surface area contributed by atoms with E-state index in [1.165, 1.54) is 0 Å². The molecule has 352 valence electrons. The summed E-state index contributed by atoms with van der Waals surface area (Å²) in [7, 11) is 17.5. The van der Waals surface area contributed by atoms with Gasteiger partial charge in [-0.3, -0.25) is 0 Å². The minimum atomic E-state index is 0.163. The molecule has 0 aliphatic carbocycles. The fourth-order valence-electron chi connectivity index (χ4n) is 5.62. The van der Waals surface area contributed by atoms with Gasteiger partial charge in [-0.1, -0.05) is 83.1 Å². The van der Waals surface area contributed by atoms with Crippen molar-refractivity contribution in [1.29, 1.82) is 0 Å². The quantitative estimate of drug-likeness (QED) is 0.105. The minimum absolute atomic E-state index is 0.163. The van der Waals surface area contributed by atoms with E-state index in [9.17, 15) is 0 Å². The van der Waals surface area contributed by atoms with Gasteiger partial charge in [0.25, 0.3) is 0 Å². The molecule has 0 spiro atoms. The number of rotatable bonds is 22. The first kappa shape index (κ1) is 65.7. The first-order valence-corrected chi connectivity index (χ1v) is 21.4. The van der Waals surface area contributed by atoms with E-state index in [0.717, 1.165) is 38.5 Å². The predicted molar refractivity (Wildman–Crippen MR) is 243 cm³/mol. The van der Waals surface area contributed by atoms with E-state index < -0.39 is 0 Å². The average Bonchev–Trinajstić information content (AvgIpc) is 3.14. The van der Waals surface area contributed by atoms with Crippen molar-refractivity contribution in [3.05, 3.63) is 0 Å². The van der Waals surface area contributed by atoms with Crippen molar-refractivity contribution in [2.45, 2.75) is 217 Å². The number of hydrogen-bond donors (Lipinski definition) is 0. The van der Waals surface area contributed by atoms with Crippen molar-refractivity contribution in [3.63, 3.8) is 0 Å². The highest BCUT2D eigenvalue weighted by molar-refractivity contribution is 4.83. The molecule has 0 heterocycles. The van der Waals surface area contributed by atoms with Crippen molar-refractivity contribution in [1.82, 2.24) is 0 Å². The Balaban J connectivity index is -0.000000200. The lowest BCUT2D eigenvalue weighted by Gasteiger charge is -2.36. The Morgan fingerprint density at radius 3 is 0.825 bits per heavy atom. The van der Waals surface area contributed by atoms with Gasteiger partial charge < -0.3 is 47.4 Å². The molecule has 0 aliphatic rings. The van der Waals surface area contributed by atoms with Gasteiger partial charge in [0, 0.05) is 77.5 Å². The second kappa shape index (κ2) is 37.4. The molecule has 0 bridgehead atoms. The van der Waals surface area contributed by atoms with Gasteiger partial charge in [0.05, 0.1) is 61.0 Å². The molecule has 10 heteroatoms. The van der Waals surface area contributed by atoms with E-state index in [0.29, 0.717) is 42.5 Å². The second-order valence-electron chi connectivity index (χ2n) is 19.0. The Labute approximate surface area is 357 Å². The fraction of sp³-hybridized carbons (Fsp3) is 1.00. The maximum absolute atomic E-state index is 5.56. The molecule has 0 aliphatic heterocycles. The minimum Gasteiger partial charge on any atom is -0.382 e. The maximum Gasteiger partial charge on any atom is 0.0644 e. The Kier molecular flexibility index (Phi) is 43.1. The Hall–Kier alpha value is -0.400. The summed E-state index contributed by atoms with van der Waals surface area (Å²) < 4.78 is 52.6. The Bertz CT molecular complexity index is 789. The average molecular weight is 829 g/mol. The topological polar surface area (TPSA) is 92.3 Å². The zero-order valence-electron chi connectivity index (χ0n) is 43.2. The van der Waals surface area contributed by atoms with Crippen molar-refractivity contribution < 1.29 is 47.4 Å². The lowest BCUT2D eigenvalue weighted by molar-refractivity contribution is -0.0620. The Morgan fingerprint density at radius 2 is 0.596 bits per heavy atom. The summed E-state index contributed by atoms with van der Waals surface area (Å²) in [5.74, 6) is 0.567. The molecule has 0 N–H and O–H groups in total. The van der Waals surface area contributed by atoms with E-state index >= 15 is 0 Å². The molecule has 0 rings (SSSR count). The summed E-state index contributed by atoms with van der Waals surface area (Å²) in [6.07, 6.45) is 8.80. The van der Waals surface area contributed by atoms with Crippen LogP contribution >= 0.6 is 0 Å². The lowest BCUT2D eigenvalue weighted by atomic mass is 9.79. The van der Waals surface area contributed by atoms with Crippen LogP contribution in [0, 0.1) is 22.2 Å². The van der Waals surface area contributed by atoms with Crippen LogP contribution < -0.4 is 0 Å². The number of hydrogen-bond acceptors (Lipinski definition) is 10. The molecule has 0 aromatic rings. The molecule has 10 nitrogen and oxygen atoms in total. The van der Waals surface area contributed by atoms with Crippen molar-refractivity contribution in [2.75, 3.05) is 71.1 Å². The van der Waals surface area contributed by atoms with Crippen LogP contribution in [0.4, 0.5) is 0 Å². The zero-order valence-corrected chi connectivity index (χ0v) is 43.2. The highest BCUT2D eigenvalue weighted by Crippen LogP contribution is 2.32. The maximum atomic E-state index is 5.56. The summed E-state index contributed by atoms with van der Waals surface area (Å²) in [5, 5.41) is 0.